The maximum atomic E-state index is 12.6. The molecule has 1 heterocycles. The normalized spacial score (nSPS) is 15.1. The van der Waals surface area contributed by atoms with Gasteiger partial charge in [-0.3, -0.25) is 4.79 Å². The molecule has 3 N–H and O–H groups in total. The second-order valence-electron chi connectivity index (χ2n) is 6.34. The lowest BCUT2D eigenvalue weighted by Crippen LogP contribution is -2.56. The summed E-state index contributed by atoms with van der Waals surface area (Å²) >= 11 is 0. The molecule has 0 bridgehead atoms. The zero-order valence-electron chi connectivity index (χ0n) is 14.3. The van der Waals surface area contributed by atoms with Crippen molar-refractivity contribution in [3.05, 3.63) is 59.7 Å². The largest absolute Gasteiger partial charge is 0.486 e. The lowest BCUT2D eigenvalue weighted by atomic mass is 9.85. The van der Waals surface area contributed by atoms with E-state index in [1.54, 1.807) is 18.2 Å². The Morgan fingerprint density at radius 3 is 2.38 bits per heavy atom. The molecule has 0 aromatic heterocycles. The van der Waals surface area contributed by atoms with Crippen LogP contribution in [0, 0.1) is 0 Å². The topological polar surface area (TPSA) is 98.8 Å². The number of fused-ring (bicyclic) bond motifs is 1. The molecule has 0 radical (unpaired) electrons. The molecule has 0 aliphatic carbocycles. The van der Waals surface area contributed by atoms with Crippen molar-refractivity contribution in [2.45, 2.75) is 24.8 Å². The third-order valence-electron chi connectivity index (χ3n) is 4.45. The SMILES string of the molecule is N[C@@](Cc1ccc2c(c1)OCCO2)(C(=O)O)C(=O)CCc1ccccc1. The Balaban J connectivity index is 1.74. The molecule has 1 atom stereocenters. The number of rotatable bonds is 7. The Morgan fingerprint density at radius 1 is 1.00 bits per heavy atom. The van der Waals surface area contributed by atoms with Crippen molar-refractivity contribution in [2.75, 3.05) is 13.2 Å². The molecule has 3 rings (SSSR count). The van der Waals surface area contributed by atoms with E-state index in [2.05, 4.69) is 0 Å². The van der Waals surface area contributed by atoms with Crippen LogP contribution in [0.2, 0.25) is 0 Å². The minimum atomic E-state index is -1.97. The number of ether oxygens (including phenoxy) is 2. The van der Waals surface area contributed by atoms with Crippen LogP contribution in [-0.2, 0) is 22.4 Å². The predicted octanol–water partition coefficient (Wildman–Crippen LogP) is 1.98. The molecule has 2 aromatic carbocycles. The van der Waals surface area contributed by atoms with Gasteiger partial charge >= 0.3 is 5.97 Å². The average molecular weight is 355 g/mol. The Morgan fingerprint density at radius 2 is 1.69 bits per heavy atom. The average Bonchev–Trinajstić information content (AvgIpc) is 2.66. The number of hydrogen-bond donors (Lipinski definition) is 2. The van der Waals surface area contributed by atoms with Crippen LogP contribution in [0.1, 0.15) is 17.5 Å². The van der Waals surface area contributed by atoms with Crippen LogP contribution in [-0.4, -0.2) is 35.6 Å². The molecule has 0 spiro atoms. The zero-order valence-corrected chi connectivity index (χ0v) is 14.3. The second kappa shape index (κ2) is 7.58. The quantitative estimate of drug-likeness (QED) is 0.737. The van der Waals surface area contributed by atoms with Crippen molar-refractivity contribution in [3.63, 3.8) is 0 Å². The number of carboxylic acid groups (broad SMARTS) is 1. The first-order valence-corrected chi connectivity index (χ1v) is 8.47. The van der Waals surface area contributed by atoms with Crippen LogP contribution in [0.4, 0.5) is 0 Å². The standard InChI is InChI=1S/C20H21NO5/c21-20(19(23)24,18(22)9-7-14-4-2-1-3-5-14)13-15-6-8-16-17(12-15)26-11-10-25-16/h1-6,8,12H,7,9-11,13,21H2,(H,23,24)/t20-/m1/s1. The summed E-state index contributed by atoms with van der Waals surface area (Å²) in [6.45, 7) is 0.902. The molecule has 6 nitrogen and oxygen atoms in total. The minimum absolute atomic E-state index is 0.0668. The summed E-state index contributed by atoms with van der Waals surface area (Å²) < 4.78 is 11.0. The highest BCUT2D eigenvalue weighted by atomic mass is 16.6. The first-order chi connectivity index (χ1) is 12.5. The van der Waals surface area contributed by atoms with Gasteiger partial charge in [0.25, 0.3) is 0 Å². The lowest BCUT2D eigenvalue weighted by Gasteiger charge is -2.25. The number of carbonyl (C=O) groups excluding carboxylic acids is 1. The van der Waals surface area contributed by atoms with E-state index in [1.165, 1.54) is 0 Å². The van der Waals surface area contributed by atoms with Gasteiger partial charge in [-0.2, -0.15) is 0 Å². The number of hydrogen-bond acceptors (Lipinski definition) is 5. The molecule has 1 aliphatic rings. The maximum absolute atomic E-state index is 12.6. The van der Waals surface area contributed by atoms with Crippen molar-refractivity contribution >= 4 is 11.8 Å². The summed E-state index contributed by atoms with van der Waals surface area (Å²) in [7, 11) is 0. The fraction of sp³-hybridized carbons (Fsp3) is 0.300. The number of ketones is 1. The van der Waals surface area contributed by atoms with Crippen LogP contribution < -0.4 is 15.2 Å². The molecule has 6 heteroatoms. The molecular formula is C20H21NO5. The summed E-state index contributed by atoms with van der Waals surface area (Å²) in [5.41, 5.74) is 5.65. The highest BCUT2D eigenvalue weighted by Gasteiger charge is 2.41. The Hall–Kier alpha value is -2.86. The number of nitrogens with two attached hydrogens (primary N) is 1. The molecule has 1 aliphatic heterocycles. The van der Waals surface area contributed by atoms with Crippen LogP contribution in [0.3, 0.4) is 0 Å². The third kappa shape index (κ3) is 3.86. The van der Waals surface area contributed by atoms with Gasteiger partial charge in [-0.1, -0.05) is 36.4 Å². The summed E-state index contributed by atoms with van der Waals surface area (Å²) in [6.07, 6.45) is 0.414. The Labute approximate surface area is 151 Å². The molecule has 0 saturated carbocycles. The van der Waals surface area contributed by atoms with Gasteiger partial charge in [0.2, 0.25) is 0 Å². The van der Waals surface area contributed by atoms with E-state index in [-0.39, 0.29) is 12.8 Å². The number of Topliss-reactive ketones (excluding diaryl/α,β-unsaturated/α-hetero) is 1. The lowest BCUT2D eigenvalue weighted by molar-refractivity contribution is -0.148. The van der Waals surface area contributed by atoms with Gasteiger partial charge in [0.15, 0.2) is 22.8 Å². The van der Waals surface area contributed by atoms with Gasteiger partial charge < -0.3 is 20.3 Å². The van der Waals surface area contributed by atoms with E-state index in [0.717, 1.165) is 5.56 Å². The fourth-order valence-electron chi connectivity index (χ4n) is 2.94. The number of carbonyl (C=O) groups is 2. The summed E-state index contributed by atoms with van der Waals surface area (Å²) in [6, 6.07) is 14.5. The van der Waals surface area contributed by atoms with Gasteiger partial charge in [0.1, 0.15) is 13.2 Å². The second-order valence-corrected chi connectivity index (χ2v) is 6.34. The first-order valence-electron chi connectivity index (χ1n) is 8.47. The number of benzene rings is 2. The molecule has 26 heavy (non-hydrogen) atoms. The molecule has 2 aromatic rings. The number of aliphatic carboxylic acids is 1. The summed E-state index contributed by atoms with van der Waals surface area (Å²) in [5.74, 6) is -0.680. The Bertz CT molecular complexity index is 805. The monoisotopic (exact) mass is 355 g/mol. The van der Waals surface area contributed by atoms with E-state index in [0.29, 0.717) is 36.7 Å². The summed E-state index contributed by atoms with van der Waals surface area (Å²) in [5, 5.41) is 9.60. The van der Waals surface area contributed by atoms with Gasteiger partial charge in [-0.15, -0.1) is 0 Å². The molecule has 0 saturated heterocycles. The summed E-state index contributed by atoms with van der Waals surface area (Å²) in [4.78, 5) is 24.4. The first kappa shape index (κ1) is 17.9. The smallest absolute Gasteiger partial charge is 0.331 e. The molecule has 0 amide bonds. The molecule has 0 unspecified atom stereocenters. The highest BCUT2D eigenvalue weighted by molar-refractivity contribution is 6.07. The van der Waals surface area contributed by atoms with Crippen molar-refractivity contribution in [3.8, 4) is 11.5 Å². The van der Waals surface area contributed by atoms with Crippen molar-refractivity contribution in [1.29, 1.82) is 0 Å². The van der Waals surface area contributed by atoms with E-state index < -0.39 is 17.3 Å². The highest BCUT2D eigenvalue weighted by Crippen LogP contribution is 2.32. The van der Waals surface area contributed by atoms with E-state index in [9.17, 15) is 14.7 Å². The number of aryl methyl sites for hydroxylation is 1. The van der Waals surface area contributed by atoms with Crippen LogP contribution >= 0.6 is 0 Å². The van der Waals surface area contributed by atoms with Gasteiger partial charge in [0.05, 0.1) is 0 Å². The Kier molecular flexibility index (Phi) is 5.23. The van der Waals surface area contributed by atoms with Crippen molar-refractivity contribution in [2.24, 2.45) is 5.73 Å². The van der Waals surface area contributed by atoms with Gasteiger partial charge in [-0.25, -0.2) is 4.79 Å². The van der Waals surface area contributed by atoms with E-state index in [1.807, 2.05) is 30.3 Å². The fourth-order valence-corrected chi connectivity index (χ4v) is 2.94. The van der Waals surface area contributed by atoms with Crippen molar-refractivity contribution in [1.82, 2.24) is 0 Å². The minimum Gasteiger partial charge on any atom is -0.486 e. The third-order valence-corrected chi connectivity index (χ3v) is 4.45. The van der Waals surface area contributed by atoms with Crippen LogP contribution in [0.15, 0.2) is 48.5 Å². The zero-order chi connectivity index (χ0) is 18.6. The van der Waals surface area contributed by atoms with Gasteiger partial charge in [0, 0.05) is 12.8 Å². The molecule has 0 fully saturated rings. The van der Waals surface area contributed by atoms with Crippen LogP contribution in [0.25, 0.3) is 0 Å². The maximum Gasteiger partial charge on any atom is 0.331 e. The van der Waals surface area contributed by atoms with E-state index in [4.69, 9.17) is 15.2 Å². The number of carboxylic acids is 1. The van der Waals surface area contributed by atoms with Crippen LogP contribution in [0.5, 0.6) is 11.5 Å². The predicted molar refractivity (Wildman–Crippen MR) is 95.5 cm³/mol. The van der Waals surface area contributed by atoms with E-state index >= 15 is 0 Å². The van der Waals surface area contributed by atoms with Gasteiger partial charge in [-0.05, 0) is 29.7 Å². The van der Waals surface area contributed by atoms with Crippen molar-refractivity contribution < 1.29 is 24.2 Å². The molecular weight excluding hydrogens is 334 g/mol. The molecule has 136 valence electrons.